The van der Waals surface area contributed by atoms with Gasteiger partial charge in [-0.3, -0.25) is 4.79 Å². The van der Waals surface area contributed by atoms with E-state index < -0.39 is 0 Å². The van der Waals surface area contributed by atoms with E-state index >= 15 is 0 Å². The summed E-state index contributed by atoms with van der Waals surface area (Å²) in [6, 6.07) is 11.7. The summed E-state index contributed by atoms with van der Waals surface area (Å²) in [6.45, 7) is 2.64. The minimum Gasteiger partial charge on any atom is -0.337 e. The molecule has 1 aliphatic heterocycles. The van der Waals surface area contributed by atoms with Crippen LogP contribution in [0.3, 0.4) is 0 Å². The molecule has 0 radical (unpaired) electrons. The maximum Gasteiger partial charge on any atom is 0.272 e. The summed E-state index contributed by atoms with van der Waals surface area (Å²) in [4.78, 5) is 19.1. The third-order valence-corrected chi connectivity index (χ3v) is 4.12. The van der Waals surface area contributed by atoms with Crippen LogP contribution < -0.4 is 5.32 Å². The molecule has 2 aromatic rings. The summed E-state index contributed by atoms with van der Waals surface area (Å²) in [7, 11) is 1.96. The number of fused-ring (bicyclic) bond motifs is 1. The van der Waals surface area contributed by atoms with Crippen LogP contribution >= 0.6 is 0 Å². The lowest BCUT2D eigenvalue weighted by molar-refractivity contribution is 0.0668. The zero-order chi connectivity index (χ0) is 14.7. The molecule has 2 heterocycles. The number of nitrogens with zero attached hydrogens (tertiary/aromatic N) is 2. The van der Waals surface area contributed by atoms with Crippen molar-refractivity contribution < 1.29 is 4.79 Å². The molecule has 0 saturated carbocycles. The molecule has 3 rings (SSSR count). The molecular formula is C17H21N3O. The highest BCUT2D eigenvalue weighted by molar-refractivity contribution is 5.94. The Labute approximate surface area is 125 Å². The Morgan fingerprint density at radius 2 is 2.19 bits per heavy atom. The van der Waals surface area contributed by atoms with E-state index in [9.17, 15) is 4.79 Å². The second-order valence-electron chi connectivity index (χ2n) is 5.71. The fourth-order valence-electron chi connectivity index (χ4n) is 3.05. The molecule has 0 aliphatic carbocycles. The van der Waals surface area contributed by atoms with Gasteiger partial charge < -0.3 is 10.2 Å². The van der Waals surface area contributed by atoms with Crippen LogP contribution in [0.25, 0.3) is 10.9 Å². The van der Waals surface area contributed by atoms with Crippen molar-refractivity contribution in [2.24, 2.45) is 5.92 Å². The third kappa shape index (κ3) is 3.05. The first-order chi connectivity index (χ1) is 10.3. The normalized spacial score (nSPS) is 18.9. The van der Waals surface area contributed by atoms with Crippen molar-refractivity contribution in [1.29, 1.82) is 0 Å². The van der Waals surface area contributed by atoms with E-state index in [2.05, 4.69) is 10.3 Å². The molecule has 1 atom stereocenters. The minimum absolute atomic E-state index is 0.0570. The smallest absolute Gasteiger partial charge is 0.272 e. The lowest BCUT2D eigenvalue weighted by atomic mass is 9.98. The summed E-state index contributed by atoms with van der Waals surface area (Å²) in [5.41, 5.74) is 1.44. The molecule has 1 unspecified atom stereocenters. The van der Waals surface area contributed by atoms with E-state index in [0.717, 1.165) is 37.0 Å². The van der Waals surface area contributed by atoms with Gasteiger partial charge in [0.1, 0.15) is 5.69 Å². The zero-order valence-electron chi connectivity index (χ0n) is 12.4. The van der Waals surface area contributed by atoms with Crippen molar-refractivity contribution in [3.05, 3.63) is 42.1 Å². The number of nitrogens with one attached hydrogen (secondary N) is 1. The quantitative estimate of drug-likeness (QED) is 0.940. The van der Waals surface area contributed by atoms with E-state index in [4.69, 9.17) is 0 Å². The van der Waals surface area contributed by atoms with Crippen LogP contribution in [-0.4, -0.2) is 42.5 Å². The number of carbonyl (C=O) groups is 1. The SMILES string of the molecule is CNCC1CCCN(C(=O)c2ccc3ccccc3n2)C1. The van der Waals surface area contributed by atoms with Gasteiger partial charge in [0.25, 0.3) is 5.91 Å². The highest BCUT2D eigenvalue weighted by Gasteiger charge is 2.24. The maximum absolute atomic E-state index is 12.6. The van der Waals surface area contributed by atoms with E-state index in [-0.39, 0.29) is 5.91 Å². The van der Waals surface area contributed by atoms with E-state index in [1.807, 2.05) is 48.3 Å². The van der Waals surface area contributed by atoms with Crippen molar-refractivity contribution in [3.63, 3.8) is 0 Å². The summed E-state index contributed by atoms with van der Waals surface area (Å²) in [5.74, 6) is 0.606. The number of rotatable bonds is 3. The summed E-state index contributed by atoms with van der Waals surface area (Å²) in [6.07, 6.45) is 2.27. The fourth-order valence-corrected chi connectivity index (χ4v) is 3.05. The van der Waals surface area contributed by atoms with Crippen molar-refractivity contribution in [3.8, 4) is 0 Å². The molecule has 0 bridgehead atoms. The Kier molecular flexibility index (Phi) is 4.15. The molecule has 21 heavy (non-hydrogen) atoms. The van der Waals surface area contributed by atoms with Gasteiger partial charge >= 0.3 is 0 Å². The van der Waals surface area contributed by atoms with Gasteiger partial charge in [-0.2, -0.15) is 0 Å². The second-order valence-corrected chi connectivity index (χ2v) is 5.71. The first kappa shape index (κ1) is 14.0. The lowest BCUT2D eigenvalue weighted by Gasteiger charge is -2.32. The molecule has 1 N–H and O–H groups in total. The van der Waals surface area contributed by atoms with Gasteiger partial charge in [0.05, 0.1) is 5.52 Å². The predicted molar refractivity (Wildman–Crippen MR) is 84.3 cm³/mol. The van der Waals surface area contributed by atoms with Crippen LogP contribution in [0.2, 0.25) is 0 Å². The largest absolute Gasteiger partial charge is 0.337 e. The van der Waals surface area contributed by atoms with Crippen LogP contribution in [0.15, 0.2) is 36.4 Å². The lowest BCUT2D eigenvalue weighted by Crippen LogP contribution is -2.42. The van der Waals surface area contributed by atoms with Gasteiger partial charge in [0.15, 0.2) is 0 Å². The van der Waals surface area contributed by atoms with Gasteiger partial charge in [-0.25, -0.2) is 4.98 Å². The summed E-state index contributed by atoms with van der Waals surface area (Å²) < 4.78 is 0. The van der Waals surface area contributed by atoms with E-state index in [1.54, 1.807) is 0 Å². The molecule has 4 heteroatoms. The fraction of sp³-hybridized carbons (Fsp3) is 0.412. The van der Waals surface area contributed by atoms with Gasteiger partial charge in [-0.1, -0.05) is 24.3 Å². The summed E-state index contributed by atoms with van der Waals surface area (Å²) in [5, 5.41) is 4.28. The van der Waals surface area contributed by atoms with Crippen LogP contribution in [-0.2, 0) is 0 Å². The van der Waals surface area contributed by atoms with E-state index in [1.165, 1.54) is 6.42 Å². The molecule has 1 aromatic heterocycles. The summed E-state index contributed by atoms with van der Waals surface area (Å²) >= 11 is 0. The topological polar surface area (TPSA) is 45.2 Å². The second kappa shape index (κ2) is 6.22. The van der Waals surface area contributed by atoms with Crippen LogP contribution in [0.1, 0.15) is 23.3 Å². The molecular weight excluding hydrogens is 262 g/mol. The number of amides is 1. The van der Waals surface area contributed by atoms with Gasteiger partial charge in [-0.05, 0) is 44.5 Å². The molecule has 1 aliphatic rings. The standard InChI is InChI=1S/C17H21N3O/c1-18-11-13-5-4-10-20(12-13)17(21)16-9-8-14-6-2-3-7-15(14)19-16/h2-3,6-9,13,18H,4-5,10-12H2,1H3. The van der Waals surface area contributed by atoms with Crippen molar-refractivity contribution >= 4 is 16.8 Å². The van der Waals surface area contributed by atoms with Crippen LogP contribution in [0, 0.1) is 5.92 Å². The molecule has 0 spiro atoms. The Morgan fingerprint density at radius 3 is 3.05 bits per heavy atom. The van der Waals surface area contributed by atoms with Crippen molar-refractivity contribution in [2.45, 2.75) is 12.8 Å². The first-order valence-electron chi connectivity index (χ1n) is 7.57. The van der Waals surface area contributed by atoms with E-state index in [0.29, 0.717) is 11.6 Å². The Morgan fingerprint density at radius 1 is 1.33 bits per heavy atom. The number of pyridine rings is 1. The Balaban J connectivity index is 1.79. The van der Waals surface area contributed by atoms with Crippen LogP contribution in [0.5, 0.6) is 0 Å². The highest BCUT2D eigenvalue weighted by atomic mass is 16.2. The number of benzene rings is 1. The number of hydrogen-bond acceptors (Lipinski definition) is 3. The van der Waals surface area contributed by atoms with Gasteiger partial charge in [-0.15, -0.1) is 0 Å². The maximum atomic E-state index is 12.6. The Bertz CT molecular complexity index is 639. The first-order valence-corrected chi connectivity index (χ1v) is 7.57. The average Bonchev–Trinajstić information content (AvgIpc) is 2.54. The van der Waals surface area contributed by atoms with Crippen LogP contribution in [0.4, 0.5) is 0 Å². The minimum atomic E-state index is 0.0570. The third-order valence-electron chi connectivity index (χ3n) is 4.12. The number of carbonyl (C=O) groups excluding carboxylic acids is 1. The number of piperidine rings is 1. The molecule has 4 nitrogen and oxygen atoms in total. The molecule has 1 saturated heterocycles. The molecule has 1 aromatic carbocycles. The Hall–Kier alpha value is -1.94. The van der Waals surface area contributed by atoms with Crippen molar-refractivity contribution in [1.82, 2.24) is 15.2 Å². The monoisotopic (exact) mass is 283 g/mol. The number of para-hydroxylation sites is 1. The molecule has 1 fully saturated rings. The number of hydrogen-bond donors (Lipinski definition) is 1. The van der Waals surface area contributed by atoms with Crippen molar-refractivity contribution in [2.75, 3.05) is 26.7 Å². The molecule has 1 amide bonds. The van der Waals surface area contributed by atoms with Gasteiger partial charge in [0, 0.05) is 18.5 Å². The van der Waals surface area contributed by atoms with Gasteiger partial charge in [0.2, 0.25) is 0 Å². The zero-order valence-corrected chi connectivity index (χ0v) is 12.4. The molecule has 110 valence electrons. The highest BCUT2D eigenvalue weighted by Crippen LogP contribution is 2.19. The predicted octanol–water partition coefficient (Wildman–Crippen LogP) is 2.31. The number of likely N-dealkylation sites (tertiary alicyclic amines) is 1. The average molecular weight is 283 g/mol. The number of aromatic nitrogens is 1.